The van der Waals surface area contributed by atoms with E-state index in [2.05, 4.69) is 83.7 Å². The van der Waals surface area contributed by atoms with Gasteiger partial charge in [-0.1, -0.05) is 24.3 Å². The van der Waals surface area contributed by atoms with Crippen molar-refractivity contribution in [2.75, 3.05) is 32.3 Å². The Bertz CT molecular complexity index is 4620. The number of nitrogen functional groups attached to an aromatic ring is 1. The van der Waals surface area contributed by atoms with Gasteiger partial charge in [-0.15, -0.1) is 45.3 Å². The van der Waals surface area contributed by atoms with Crippen molar-refractivity contribution in [2.24, 2.45) is 34.4 Å². The number of nitrogens with one attached hydrogen (secondary N) is 5. The number of hydrogen-bond acceptors (Lipinski definition) is 27. The highest BCUT2D eigenvalue weighted by molar-refractivity contribution is 9.10. The van der Waals surface area contributed by atoms with Crippen LogP contribution in [-0.4, -0.2) is 77.3 Å². The highest BCUT2D eigenvalue weighted by Crippen LogP contribution is 2.31. The van der Waals surface area contributed by atoms with Crippen LogP contribution in [0, 0.1) is 60.6 Å². The fraction of sp³-hybridized carbons (Fsp3) is 0.162. The highest BCUT2D eigenvalue weighted by atomic mass is 79.9. The molecule has 536 valence electrons. The molecule has 5 amide bonds. The van der Waals surface area contributed by atoms with Crippen molar-refractivity contribution < 1.29 is 38.9 Å². The monoisotopic (exact) mass is 1650 g/mol. The van der Waals surface area contributed by atoms with Gasteiger partial charge in [0.25, 0.3) is 5.91 Å². The first-order valence-electron chi connectivity index (χ1n) is 29.9. The van der Waals surface area contributed by atoms with Gasteiger partial charge in [-0.05, 0) is 224 Å². The Balaban J connectivity index is 0.000000233. The highest BCUT2D eigenvalue weighted by Gasteiger charge is 2.21. The second-order valence-electron chi connectivity index (χ2n) is 21.3. The number of carbonyl (C=O) groups excluding carboxylic acids is 5. The van der Waals surface area contributed by atoms with Crippen molar-refractivity contribution in [3.05, 3.63) is 235 Å². The summed E-state index contributed by atoms with van der Waals surface area (Å²) in [6.45, 7) is 5.72. The molecule has 25 nitrogen and oxygen atoms in total. The van der Waals surface area contributed by atoms with Crippen LogP contribution in [-0.2, 0) is 44.9 Å². The standard InChI is InChI=1S/C18H19N5O2S2.C18H17N5OS2.C14H12BrN3OS.C7H3BrFN.C7H10N2OS.C4H6N2S.H2O2/c1-10-7-16(27-23-10)22-14-8-11(4-5-13(14)17(19)24)21-15(18(20)25)9-12-3-2-6-26-12;1-11-7-17(26-23-11)22-15-8-13(5-4-12(15)10-19)21-16(18(20)24)9-14-3-2-6-25-14;15-12-6-10(4-3-9(12)8-16)18-13(14(17)19)7-11-2-1-5-20-11;8-7-3-6(9)2-1-5(7)4-10;8-6(7(9)10)4-5-2-1-3-11-5;1-3-2-4(5)7-6-3;1-2/h2-8,15,21-22H,9H2,1H3,(H2,19,24)(H2,20,25);2-8,16,21-22H,9H2,1H3,(H2,20,24);1-6,13,18H,7H2,(H2,17,19);1-3H;1-3,6H,4,8H2,(H2,9,10);2H,5H2,1H3;1-2H/t15-;16-;13-;;6-;;/m111.1../s1. The molecule has 103 heavy (non-hydrogen) atoms. The number of amides is 5. The van der Waals surface area contributed by atoms with E-state index in [1.54, 1.807) is 99.9 Å². The van der Waals surface area contributed by atoms with E-state index in [0.717, 1.165) is 57.3 Å². The van der Waals surface area contributed by atoms with Gasteiger partial charge in [-0.2, -0.15) is 28.9 Å². The zero-order valence-electron chi connectivity index (χ0n) is 54.9. The third-order valence-corrected chi connectivity index (χ3v) is 20.6. The zero-order chi connectivity index (χ0) is 75.5. The number of primary amides is 5. The van der Waals surface area contributed by atoms with E-state index in [1.165, 1.54) is 52.8 Å². The topological polar surface area (TPSA) is 478 Å². The van der Waals surface area contributed by atoms with Gasteiger partial charge < -0.3 is 66.7 Å². The van der Waals surface area contributed by atoms with Gasteiger partial charge in [-0.3, -0.25) is 34.5 Å². The number of anilines is 8. The molecule has 0 unspecified atom stereocenters. The summed E-state index contributed by atoms with van der Waals surface area (Å²) in [6, 6.07) is 44.7. The molecule has 0 aliphatic rings. The van der Waals surface area contributed by atoms with Gasteiger partial charge in [-0.25, -0.2) is 4.39 Å². The van der Waals surface area contributed by atoms with Crippen molar-refractivity contribution in [3.63, 3.8) is 0 Å². The third-order valence-electron chi connectivity index (χ3n) is 13.4. The molecule has 35 heteroatoms. The molecular formula is C68H69Br2FN18O7S7. The van der Waals surface area contributed by atoms with E-state index in [4.69, 9.17) is 61.2 Å². The number of nitrogens with two attached hydrogens (primary N) is 7. The molecule has 4 atom stereocenters. The van der Waals surface area contributed by atoms with E-state index >= 15 is 0 Å². The maximum atomic E-state index is 12.3. The Morgan fingerprint density at radius 2 is 0.854 bits per heavy atom. The Morgan fingerprint density at radius 1 is 0.485 bits per heavy atom. The molecule has 4 aromatic carbocycles. The first kappa shape index (κ1) is 83.6. The fourth-order valence-electron chi connectivity index (χ4n) is 8.46. The molecule has 0 aliphatic carbocycles. The third kappa shape index (κ3) is 29.5. The number of halogens is 3. The van der Waals surface area contributed by atoms with Crippen LogP contribution in [0.1, 0.15) is 63.6 Å². The Hall–Kier alpha value is -10.0. The zero-order valence-corrected chi connectivity index (χ0v) is 63.8. The summed E-state index contributed by atoms with van der Waals surface area (Å²) >= 11 is 16.6. The average molecular weight is 1650 g/mol. The minimum atomic E-state index is -0.568. The maximum Gasteiger partial charge on any atom is 0.250 e. The van der Waals surface area contributed by atoms with Gasteiger partial charge in [0.2, 0.25) is 23.6 Å². The number of rotatable bonds is 23. The lowest BCUT2D eigenvalue weighted by atomic mass is 10.1. The van der Waals surface area contributed by atoms with E-state index < -0.39 is 53.7 Å². The maximum absolute atomic E-state index is 12.3. The summed E-state index contributed by atoms with van der Waals surface area (Å²) in [5.74, 6) is -2.61. The lowest BCUT2D eigenvalue weighted by Gasteiger charge is -2.18. The SMILES string of the molecule is Cc1cc(N)sn1.Cc1cc(Nc2cc(N[C@H](Cc3cccs3)C(N)=O)ccc2C#N)sn1.Cc1cc(Nc2cc(N[C@H](Cc3cccs3)C(N)=O)ccc2C(N)=O)sn1.N#Cc1ccc(F)cc1Br.N#Cc1ccc(N[C@H](Cc2cccs2)C(N)=O)cc1Br.NC(=O)[C@H](N)Cc1cccs1.OO. The molecule has 0 saturated heterocycles. The number of aromatic nitrogens is 3. The molecule has 0 fully saturated rings. The molecule has 0 spiro atoms. The number of nitrogens with zero attached hydrogens (tertiary/aromatic N) is 6. The molecule has 0 bridgehead atoms. The number of hydrogen-bond donors (Lipinski definition) is 14. The molecule has 7 aromatic heterocycles. The number of carbonyl (C=O) groups is 5. The van der Waals surface area contributed by atoms with Crippen LogP contribution in [0.25, 0.3) is 0 Å². The fourth-order valence-corrected chi connectivity index (χ4v) is 14.3. The summed E-state index contributed by atoms with van der Waals surface area (Å²) in [7, 11) is 0. The quantitative estimate of drug-likeness (QED) is 0.0209. The molecule has 0 radical (unpaired) electrons. The number of nitriles is 3. The molecule has 0 saturated carbocycles. The van der Waals surface area contributed by atoms with Crippen LogP contribution in [0.15, 0.2) is 170 Å². The average Bonchev–Trinajstić information content (AvgIpc) is 1.66. The van der Waals surface area contributed by atoms with Crippen LogP contribution in [0.2, 0.25) is 0 Å². The van der Waals surface area contributed by atoms with Crippen molar-refractivity contribution in [1.82, 2.24) is 13.1 Å². The van der Waals surface area contributed by atoms with Crippen LogP contribution >= 0.6 is 112 Å². The van der Waals surface area contributed by atoms with E-state index in [-0.39, 0.29) is 5.82 Å². The second kappa shape index (κ2) is 43.7. The number of benzene rings is 4. The van der Waals surface area contributed by atoms with Gasteiger partial charge in [0.1, 0.15) is 57.2 Å². The molecule has 11 rings (SSSR count). The molecule has 7 heterocycles. The molecule has 11 aromatic rings. The predicted octanol–water partition coefficient (Wildman–Crippen LogP) is 13.0. The molecule has 21 N–H and O–H groups in total. The van der Waals surface area contributed by atoms with Crippen LogP contribution < -0.4 is 66.7 Å². The summed E-state index contributed by atoms with van der Waals surface area (Å²) in [5.41, 5.74) is 45.7. The van der Waals surface area contributed by atoms with Gasteiger partial charge in [0.15, 0.2) is 0 Å². The largest absolute Gasteiger partial charge is 0.389 e. The second-order valence-corrected chi connectivity index (χ2v) is 29.5. The minimum absolute atomic E-state index is 0.342. The van der Waals surface area contributed by atoms with Crippen molar-refractivity contribution in [2.45, 2.75) is 70.6 Å². The Labute approximate surface area is 637 Å². The number of thiophene rings is 4. The van der Waals surface area contributed by atoms with E-state index in [0.29, 0.717) is 79.6 Å². The van der Waals surface area contributed by atoms with Crippen LogP contribution in [0.4, 0.5) is 47.8 Å². The van der Waals surface area contributed by atoms with Crippen molar-refractivity contribution in [1.29, 1.82) is 15.8 Å². The first-order valence-corrected chi connectivity index (χ1v) is 37.4. The lowest BCUT2D eigenvalue weighted by molar-refractivity contribution is -0.176. The minimum Gasteiger partial charge on any atom is -0.389 e. The smallest absolute Gasteiger partial charge is 0.250 e. The molecule has 0 aliphatic heterocycles. The van der Waals surface area contributed by atoms with Gasteiger partial charge in [0, 0.05) is 71.2 Å². The van der Waals surface area contributed by atoms with Crippen LogP contribution in [0.3, 0.4) is 0 Å². The summed E-state index contributed by atoms with van der Waals surface area (Å²) in [6.07, 6.45) is 2.10. The van der Waals surface area contributed by atoms with Crippen molar-refractivity contribution >= 4 is 185 Å². The Kier molecular flexibility index (Phi) is 35.5. The lowest BCUT2D eigenvalue weighted by Crippen LogP contribution is -2.37. The summed E-state index contributed by atoms with van der Waals surface area (Å²) in [5, 5.41) is 64.7. The van der Waals surface area contributed by atoms with E-state index in [9.17, 15) is 33.6 Å². The van der Waals surface area contributed by atoms with Crippen LogP contribution in [0.5, 0.6) is 0 Å². The van der Waals surface area contributed by atoms with Crippen molar-refractivity contribution in [3.8, 4) is 18.2 Å². The summed E-state index contributed by atoms with van der Waals surface area (Å²) < 4.78 is 25.9. The normalized spacial score (nSPS) is 11.2. The number of aryl methyl sites for hydroxylation is 3. The predicted molar refractivity (Wildman–Crippen MR) is 420 cm³/mol. The summed E-state index contributed by atoms with van der Waals surface area (Å²) in [4.78, 5) is 61.8. The van der Waals surface area contributed by atoms with Gasteiger partial charge >= 0.3 is 0 Å². The Morgan fingerprint density at radius 3 is 1.18 bits per heavy atom. The molecular weight excluding hydrogens is 1580 g/mol. The van der Waals surface area contributed by atoms with Gasteiger partial charge in [0.05, 0.1) is 56.8 Å². The first-order chi connectivity index (χ1) is 49.3. The van der Waals surface area contributed by atoms with E-state index in [1.807, 2.05) is 115 Å².